The average molecular weight is 283 g/mol. The standard InChI is InChI=1S/C18H38N2/c1-14(2)11-15-13-20(10-9-17(3,4)5)16(12-19-15)18(6,7)8/h14-16,19H,9-13H2,1-8H3. The summed E-state index contributed by atoms with van der Waals surface area (Å²) in [4.78, 5) is 2.76. The van der Waals surface area contributed by atoms with Crippen LogP contribution < -0.4 is 5.32 Å². The number of hydrogen-bond acceptors (Lipinski definition) is 2. The van der Waals surface area contributed by atoms with Crippen LogP contribution in [-0.4, -0.2) is 36.6 Å². The normalized spacial score (nSPS) is 26.2. The molecular weight excluding hydrogens is 244 g/mol. The van der Waals surface area contributed by atoms with Crippen molar-refractivity contribution >= 4 is 0 Å². The Hall–Kier alpha value is -0.0800. The Kier molecular flexibility index (Phi) is 6.10. The highest BCUT2D eigenvalue weighted by Crippen LogP contribution is 2.29. The predicted octanol–water partition coefficient (Wildman–Crippen LogP) is 4.16. The van der Waals surface area contributed by atoms with E-state index >= 15 is 0 Å². The Balaban J connectivity index is 2.68. The maximum Gasteiger partial charge on any atom is 0.0269 e. The Labute approximate surface area is 127 Å². The van der Waals surface area contributed by atoms with Crippen molar-refractivity contribution in [2.24, 2.45) is 16.7 Å². The van der Waals surface area contributed by atoms with Crippen LogP contribution in [0.25, 0.3) is 0 Å². The molecule has 120 valence electrons. The van der Waals surface area contributed by atoms with Gasteiger partial charge in [-0.3, -0.25) is 4.90 Å². The molecule has 0 aromatic rings. The van der Waals surface area contributed by atoms with E-state index in [9.17, 15) is 0 Å². The molecule has 2 heteroatoms. The van der Waals surface area contributed by atoms with Gasteiger partial charge in [0.05, 0.1) is 0 Å². The fourth-order valence-corrected chi connectivity index (χ4v) is 3.19. The molecule has 2 nitrogen and oxygen atoms in total. The third-order valence-corrected chi connectivity index (χ3v) is 4.40. The maximum atomic E-state index is 3.79. The van der Waals surface area contributed by atoms with Gasteiger partial charge in [0.15, 0.2) is 0 Å². The zero-order chi connectivity index (χ0) is 15.6. The first-order valence-electron chi connectivity index (χ1n) is 8.46. The van der Waals surface area contributed by atoms with Gasteiger partial charge in [-0.2, -0.15) is 0 Å². The fraction of sp³-hybridized carbons (Fsp3) is 1.00. The molecular formula is C18H38N2. The summed E-state index contributed by atoms with van der Waals surface area (Å²) in [6, 6.07) is 1.34. The Morgan fingerprint density at radius 2 is 1.70 bits per heavy atom. The predicted molar refractivity (Wildman–Crippen MR) is 90.1 cm³/mol. The monoisotopic (exact) mass is 282 g/mol. The number of piperazine rings is 1. The summed E-state index contributed by atoms with van der Waals surface area (Å²) in [5.41, 5.74) is 0.786. The second-order valence-electron chi connectivity index (χ2n) is 9.42. The summed E-state index contributed by atoms with van der Waals surface area (Å²) in [6.07, 6.45) is 2.58. The first kappa shape index (κ1) is 18.0. The number of nitrogens with zero attached hydrogens (tertiary/aromatic N) is 1. The van der Waals surface area contributed by atoms with Crippen molar-refractivity contribution in [2.45, 2.75) is 80.3 Å². The topological polar surface area (TPSA) is 15.3 Å². The highest BCUT2D eigenvalue weighted by Gasteiger charge is 2.35. The molecule has 1 aliphatic heterocycles. The van der Waals surface area contributed by atoms with E-state index in [2.05, 4.69) is 65.6 Å². The molecule has 0 aromatic heterocycles. The summed E-state index contributed by atoms with van der Waals surface area (Å²) in [5.74, 6) is 0.781. The molecule has 0 saturated carbocycles. The molecule has 2 atom stereocenters. The minimum Gasteiger partial charge on any atom is -0.311 e. The Morgan fingerprint density at radius 1 is 1.10 bits per heavy atom. The van der Waals surface area contributed by atoms with Gasteiger partial charge in [-0.1, -0.05) is 55.4 Å². The van der Waals surface area contributed by atoms with Crippen LogP contribution in [0.3, 0.4) is 0 Å². The quantitative estimate of drug-likeness (QED) is 0.833. The second kappa shape index (κ2) is 6.79. The van der Waals surface area contributed by atoms with Gasteiger partial charge in [-0.25, -0.2) is 0 Å². The molecule has 20 heavy (non-hydrogen) atoms. The van der Waals surface area contributed by atoms with E-state index in [0.717, 1.165) is 12.5 Å². The molecule has 0 aromatic carbocycles. The zero-order valence-corrected chi connectivity index (χ0v) is 15.2. The summed E-state index contributed by atoms with van der Waals surface area (Å²) >= 11 is 0. The number of rotatable bonds is 4. The largest absolute Gasteiger partial charge is 0.311 e. The minimum absolute atomic E-state index is 0.355. The lowest BCUT2D eigenvalue weighted by atomic mass is 9.82. The van der Waals surface area contributed by atoms with Crippen LogP contribution in [0.5, 0.6) is 0 Å². The molecule has 1 rings (SSSR count). The summed E-state index contributed by atoms with van der Waals surface area (Å²) in [5, 5.41) is 3.79. The van der Waals surface area contributed by atoms with Crippen LogP contribution in [0, 0.1) is 16.7 Å². The molecule has 0 spiro atoms. The molecule has 0 amide bonds. The van der Waals surface area contributed by atoms with Crippen molar-refractivity contribution in [1.29, 1.82) is 0 Å². The van der Waals surface area contributed by atoms with Gasteiger partial charge in [-0.05, 0) is 36.1 Å². The smallest absolute Gasteiger partial charge is 0.0269 e. The lowest BCUT2D eigenvalue weighted by Crippen LogP contribution is -2.61. The average Bonchev–Trinajstić information content (AvgIpc) is 2.23. The molecule has 1 heterocycles. The summed E-state index contributed by atoms with van der Waals surface area (Å²) in [6.45, 7) is 22.5. The first-order valence-corrected chi connectivity index (χ1v) is 8.46. The van der Waals surface area contributed by atoms with E-state index in [1.807, 2.05) is 0 Å². The van der Waals surface area contributed by atoms with E-state index in [-0.39, 0.29) is 0 Å². The first-order chi connectivity index (χ1) is 8.99. The highest BCUT2D eigenvalue weighted by atomic mass is 15.2. The fourth-order valence-electron chi connectivity index (χ4n) is 3.19. The molecule has 0 aliphatic carbocycles. The molecule has 1 saturated heterocycles. The second-order valence-corrected chi connectivity index (χ2v) is 9.42. The lowest BCUT2D eigenvalue weighted by molar-refractivity contribution is 0.0434. The van der Waals surface area contributed by atoms with Crippen molar-refractivity contribution < 1.29 is 0 Å². The van der Waals surface area contributed by atoms with Crippen LogP contribution >= 0.6 is 0 Å². The molecule has 1 fully saturated rings. The van der Waals surface area contributed by atoms with Gasteiger partial charge < -0.3 is 5.32 Å². The van der Waals surface area contributed by atoms with E-state index in [4.69, 9.17) is 0 Å². The van der Waals surface area contributed by atoms with Gasteiger partial charge in [0.1, 0.15) is 0 Å². The van der Waals surface area contributed by atoms with Gasteiger partial charge in [-0.15, -0.1) is 0 Å². The number of hydrogen-bond donors (Lipinski definition) is 1. The van der Waals surface area contributed by atoms with Crippen LogP contribution in [0.4, 0.5) is 0 Å². The van der Waals surface area contributed by atoms with Gasteiger partial charge in [0.2, 0.25) is 0 Å². The van der Waals surface area contributed by atoms with Crippen LogP contribution in [0.2, 0.25) is 0 Å². The van der Waals surface area contributed by atoms with Crippen molar-refractivity contribution in [1.82, 2.24) is 10.2 Å². The molecule has 1 N–H and O–H groups in total. The summed E-state index contributed by atoms with van der Waals surface area (Å²) < 4.78 is 0. The Morgan fingerprint density at radius 3 is 2.15 bits per heavy atom. The van der Waals surface area contributed by atoms with Crippen molar-refractivity contribution in [3.8, 4) is 0 Å². The van der Waals surface area contributed by atoms with Crippen molar-refractivity contribution in [3.63, 3.8) is 0 Å². The van der Waals surface area contributed by atoms with Crippen LogP contribution in [0.1, 0.15) is 68.2 Å². The molecule has 0 bridgehead atoms. The third kappa shape index (κ3) is 6.13. The Bertz CT molecular complexity index is 283. The van der Waals surface area contributed by atoms with Gasteiger partial charge in [0.25, 0.3) is 0 Å². The zero-order valence-electron chi connectivity index (χ0n) is 15.2. The van der Waals surface area contributed by atoms with Crippen LogP contribution in [-0.2, 0) is 0 Å². The van der Waals surface area contributed by atoms with Crippen LogP contribution in [0.15, 0.2) is 0 Å². The van der Waals surface area contributed by atoms with E-state index in [0.29, 0.717) is 22.9 Å². The maximum absolute atomic E-state index is 3.79. The molecule has 2 unspecified atom stereocenters. The summed E-state index contributed by atoms with van der Waals surface area (Å²) in [7, 11) is 0. The molecule has 0 radical (unpaired) electrons. The highest BCUT2D eigenvalue weighted by molar-refractivity contribution is 4.93. The molecule has 1 aliphatic rings. The van der Waals surface area contributed by atoms with Crippen molar-refractivity contribution in [2.75, 3.05) is 19.6 Å². The SMILES string of the molecule is CC(C)CC1CN(CCC(C)(C)C)C(C(C)(C)C)CN1. The van der Waals surface area contributed by atoms with Gasteiger partial charge in [0, 0.05) is 25.2 Å². The van der Waals surface area contributed by atoms with E-state index < -0.39 is 0 Å². The minimum atomic E-state index is 0.355. The van der Waals surface area contributed by atoms with Gasteiger partial charge >= 0.3 is 0 Å². The third-order valence-electron chi connectivity index (χ3n) is 4.40. The van der Waals surface area contributed by atoms with E-state index in [1.54, 1.807) is 0 Å². The number of nitrogens with one attached hydrogen (secondary N) is 1. The lowest BCUT2D eigenvalue weighted by Gasteiger charge is -2.47. The van der Waals surface area contributed by atoms with Crippen molar-refractivity contribution in [3.05, 3.63) is 0 Å². The van der Waals surface area contributed by atoms with E-state index in [1.165, 1.54) is 25.9 Å².